The quantitative estimate of drug-likeness (QED) is 0.402. The number of hydrogen-bond acceptors (Lipinski definition) is 2. The van der Waals surface area contributed by atoms with Gasteiger partial charge in [-0.25, -0.2) is 0 Å². The summed E-state index contributed by atoms with van der Waals surface area (Å²) in [5, 5.41) is 7.78. The zero-order valence-electron chi connectivity index (χ0n) is 11.8. The fourth-order valence-corrected chi connectivity index (χ4v) is 3.35. The standard InChI is InChI=1S/C20H12N2/c1-2-13-4-6-15-10-17(18-12-21-8-9-22-18)11-16-7-5-14(3-1)19(13)20(15)16/h1-12H. The van der Waals surface area contributed by atoms with Crippen molar-refractivity contribution in [3.05, 3.63) is 73.2 Å². The number of aromatic nitrogens is 2. The maximum atomic E-state index is 4.42. The summed E-state index contributed by atoms with van der Waals surface area (Å²) in [7, 11) is 0. The second kappa shape index (κ2) is 4.25. The third-order valence-corrected chi connectivity index (χ3v) is 4.32. The Labute approximate surface area is 127 Å². The molecule has 0 spiro atoms. The monoisotopic (exact) mass is 280 g/mol. The average molecular weight is 280 g/mol. The molecule has 0 amide bonds. The zero-order chi connectivity index (χ0) is 14.5. The van der Waals surface area contributed by atoms with Crippen LogP contribution in [0.4, 0.5) is 0 Å². The van der Waals surface area contributed by atoms with Crippen LogP contribution in [0.3, 0.4) is 0 Å². The topological polar surface area (TPSA) is 25.8 Å². The van der Waals surface area contributed by atoms with E-state index in [-0.39, 0.29) is 0 Å². The Balaban J connectivity index is 1.95. The van der Waals surface area contributed by atoms with Crippen molar-refractivity contribution in [1.82, 2.24) is 9.97 Å². The van der Waals surface area contributed by atoms with Gasteiger partial charge in [0.25, 0.3) is 0 Å². The Morgan fingerprint density at radius 3 is 1.91 bits per heavy atom. The van der Waals surface area contributed by atoms with Crippen LogP contribution in [-0.2, 0) is 0 Å². The highest BCUT2D eigenvalue weighted by atomic mass is 14.8. The lowest BCUT2D eigenvalue weighted by Crippen LogP contribution is -1.87. The molecule has 4 aromatic carbocycles. The largest absolute Gasteiger partial charge is 0.261 e. The first kappa shape index (κ1) is 11.6. The van der Waals surface area contributed by atoms with Crippen LogP contribution >= 0.6 is 0 Å². The fraction of sp³-hybridized carbons (Fsp3) is 0. The van der Waals surface area contributed by atoms with Crippen LogP contribution in [0.1, 0.15) is 0 Å². The molecule has 0 fully saturated rings. The molecule has 0 unspecified atom stereocenters. The Kier molecular flexibility index (Phi) is 2.25. The zero-order valence-corrected chi connectivity index (χ0v) is 11.8. The summed E-state index contributed by atoms with van der Waals surface area (Å²) in [5.41, 5.74) is 2.02. The normalized spacial score (nSPS) is 11.6. The summed E-state index contributed by atoms with van der Waals surface area (Å²) < 4.78 is 0. The van der Waals surface area contributed by atoms with Crippen molar-refractivity contribution in [2.45, 2.75) is 0 Å². The van der Waals surface area contributed by atoms with Gasteiger partial charge in [0, 0.05) is 18.0 Å². The smallest absolute Gasteiger partial charge is 0.0885 e. The van der Waals surface area contributed by atoms with Gasteiger partial charge in [0.05, 0.1) is 11.9 Å². The van der Waals surface area contributed by atoms with Crippen LogP contribution in [-0.4, -0.2) is 9.97 Å². The van der Waals surface area contributed by atoms with Gasteiger partial charge >= 0.3 is 0 Å². The van der Waals surface area contributed by atoms with Gasteiger partial charge in [0.15, 0.2) is 0 Å². The lowest BCUT2D eigenvalue weighted by molar-refractivity contribution is 1.21. The highest BCUT2D eigenvalue weighted by Gasteiger charge is 2.10. The molecule has 0 aliphatic heterocycles. The first-order chi connectivity index (χ1) is 10.9. The van der Waals surface area contributed by atoms with Crippen molar-refractivity contribution in [1.29, 1.82) is 0 Å². The average Bonchev–Trinajstić information content (AvgIpc) is 2.60. The van der Waals surface area contributed by atoms with Crippen molar-refractivity contribution in [3.63, 3.8) is 0 Å². The fourth-order valence-electron chi connectivity index (χ4n) is 3.35. The van der Waals surface area contributed by atoms with Gasteiger partial charge in [-0.1, -0.05) is 42.5 Å². The van der Waals surface area contributed by atoms with E-state index < -0.39 is 0 Å². The van der Waals surface area contributed by atoms with E-state index >= 15 is 0 Å². The molecule has 0 bridgehead atoms. The van der Waals surface area contributed by atoms with Crippen LogP contribution in [0.25, 0.3) is 43.6 Å². The van der Waals surface area contributed by atoms with Crippen LogP contribution in [0.2, 0.25) is 0 Å². The lowest BCUT2D eigenvalue weighted by atomic mass is 9.92. The van der Waals surface area contributed by atoms with Crippen molar-refractivity contribution in [3.8, 4) is 11.3 Å². The Hall–Kier alpha value is -3.00. The first-order valence-corrected chi connectivity index (χ1v) is 7.34. The first-order valence-electron chi connectivity index (χ1n) is 7.34. The van der Waals surface area contributed by atoms with Crippen LogP contribution in [0.15, 0.2) is 73.2 Å². The predicted molar refractivity (Wildman–Crippen MR) is 91.2 cm³/mol. The Morgan fingerprint density at radius 2 is 1.27 bits per heavy atom. The number of nitrogens with zero attached hydrogens (tertiary/aromatic N) is 2. The number of hydrogen-bond donors (Lipinski definition) is 0. The van der Waals surface area contributed by atoms with Gasteiger partial charge in [-0.2, -0.15) is 0 Å². The number of benzene rings is 4. The highest BCUT2D eigenvalue weighted by molar-refractivity contribution is 6.23. The van der Waals surface area contributed by atoms with Crippen molar-refractivity contribution >= 4 is 32.3 Å². The van der Waals surface area contributed by atoms with Crippen molar-refractivity contribution in [2.24, 2.45) is 0 Å². The SMILES string of the molecule is c1cc2ccc3cc(-c4cnccn4)cc4ccc(c1)c2c34. The van der Waals surface area contributed by atoms with Gasteiger partial charge in [-0.05, 0) is 44.5 Å². The molecular formula is C20H12N2. The third kappa shape index (κ3) is 1.55. The second-order valence-corrected chi connectivity index (χ2v) is 5.60. The van der Waals surface area contributed by atoms with E-state index in [4.69, 9.17) is 0 Å². The molecule has 0 atom stereocenters. The minimum Gasteiger partial charge on any atom is -0.261 e. The molecule has 22 heavy (non-hydrogen) atoms. The molecule has 0 aliphatic rings. The van der Waals surface area contributed by atoms with E-state index in [1.807, 2.05) is 6.20 Å². The molecule has 2 heteroatoms. The Morgan fingerprint density at radius 1 is 0.636 bits per heavy atom. The molecular weight excluding hydrogens is 268 g/mol. The van der Waals surface area contributed by atoms with E-state index in [1.54, 1.807) is 12.4 Å². The molecule has 102 valence electrons. The maximum absolute atomic E-state index is 4.42. The van der Waals surface area contributed by atoms with Gasteiger partial charge in [-0.3, -0.25) is 9.97 Å². The molecule has 1 aromatic heterocycles. The molecule has 0 aliphatic carbocycles. The van der Waals surface area contributed by atoms with E-state index in [9.17, 15) is 0 Å². The van der Waals surface area contributed by atoms with Crippen LogP contribution in [0, 0.1) is 0 Å². The summed E-state index contributed by atoms with van der Waals surface area (Å²) >= 11 is 0. The molecule has 0 radical (unpaired) electrons. The van der Waals surface area contributed by atoms with Crippen molar-refractivity contribution < 1.29 is 0 Å². The van der Waals surface area contributed by atoms with E-state index in [1.165, 1.54) is 32.3 Å². The molecule has 2 nitrogen and oxygen atoms in total. The van der Waals surface area contributed by atoms with Gasteiger partial charge in [0.1, 0.15) is 0 Å². The molecule has 5 rings (SSSR count). The minimum atomic E-state index is 0.910. The summed E-state index contributed by atoms with van der Waals surface area (Å²) in [4.78, 5) is 8.60. The summed E-state index contributed by atoms with van der Waals surface area (Å²) in [6.07, 6.45) is 5.25. The van der Waals surface area contributed by atoms with Crippen LogP contribution in [0.5, 0.6) is 0 Å². The van der Waals surface area contributed by atoms with E-state index in [0.717, 1.165) is 11.3 Å². The summed E-state index contributed by atoms with van der Waals surface area (Å²) in [6, 6.07) is 19.7. The van der Waals surface area contributed by atoms with E-state index in [2.05, 4.69) is 64.6 Å². The lowest BCUT2D eigenvalue weighted by Gasteiger charge is -2.12. The highest BCUT2D eigenvalue weighted by Crippen LogP contribution is 2.36. The second-order valence-electron chi connectivity index (χ2n) is 5.60. The molecule has 1 heterocycles. The minimum absolute atomic E-state index is 0.910. The Bertz CT molecular complexity index is 1050. The number of rotatable bonds is 1. The molecule has 0 saturated carbocycles. The van der Waals surface area contributed by atoms with E-state index in [0.29, 0.717) is 0 Å². The summed E-state index contributed by atoms with van der Waals surface area (Å²) in [5.74, 6) is 0. The predicted octanol–water partition coefficient (Wildman–Crippen LogP) is 5.04. The van der Waals surface area contributed by atoms with Crippen molar-refractivity contribution in [2.75, 3.05) is 0 Å². The molecule has 5 aromatic rings. The summed E-state index contributed by atoms with van der Waals surface area (Å²) in [6.45, 7) is 0. The third-order valence-electron chi connectivity index (χ3n) is 4.32. The maximum Gasteiger partial charge on any atom is 0.0885 e. The van der Waals surface area contributed by atoms with Crippen LogP contribution < -0.4 is 0 Å². The molecule has 0 saturated heterocycles. The van der Waals surface area contributed by atoms with Gasteiger partial charge < -0.3 is 0 Å². The van der Waals surface area contributed by atoms with Gasteiger partial charge in [-0.15, -0.1) is 0 Å². The molecule has 0 N–H and O–H groups in total. The van der Waals surface area contributed by atoms with Gasteiger partial charge in [0.2, 0.25) is 0 Å².